The molecule has 2 aromatic heterocycles. The number of nitrogens with one attached hydrogen (secondary N) is 1. The summed E-state index contributed by atoms with van der Waals surface area (Å²) in [4.78, 5) is 19.4. The molecular formula is C16H17N5O2S. The van der Waals surface area contributed by atoms with Gasteiger partial charge in [0.2, 0.25) is 0 Å². The molecule has 0 bridgehead atoms. The maximum absolute atomic E-state index is 12.3. The Hall–Kier alpha value is -2.74. The average Bonchev–Trinajstić information content (AvgIpc) is 3.13. The van der Waals surface area contributed by atoms with E-state index in [0.29, 0.717) is 11.5 Å². The number of hydrogen-bond acceptors (Lipinski definition) is 7. The summed E-state index contributed by atoms with van der Waals surface area (Å²) in [5, 5.41) is 11.4. The summed E-state index contributed by atoms with van der Waals surface area (Å²) in [7, 11) is 3.83. The molecule has 0 aliphatic carbocycles. The van der Waals surface area contributed by atoms with E-state index in [1.807, 2.05) is 45.0 Å². The van der Waals surface area contributed by atoms with Gasteiger partial charge in [-0.05, 0) is 32.0 Å². The van der Waals surface area contributed by atoms with Gasteiger partial charge in [0, 0.05) is 25.3 Å². The van der Waals surface area contributed by atoms with E-state index in [1.165, 1.54) is 11.3 Å². The molecule has 2 heterocycles. The SMILES string of the molecule is Cc1nc(C)c(-c2nnc(NC(=O)c3cccc(N(C)C)c3)o2)s1. The monoisotopic (exact) mass is 343 g/mol. The van der Waals surface area contributed by atoms with E-state index in [0.717, 1.165) is 21.3 Å². The van der Waals surface area contributed by atoms with Gasteiger partial charge in [0.15, 0.2) is 0 Å². The Balaban J connectivity index is 1.78. The number of thiazole rings is 1. The van der Waals surface area contributed by atoms with Crippen molar-refractivity contribution in [1.82, 2.24) is 15.2 Å². The number of hydrogen-bond donors (Lipinski definition) is 1. The van der Waals surface area contributed by atoms with Crippen LogP contribution in [0.4, 0.5) is 11.7 Å². The van der Waals surface area contributed by atoms with Crippen molar-refractivity contribution in [3.63, 3.8) is 0 Å². The van der Waals surface area contributed by atoms with Crippen LogP contribution < -0.4 is 10.2 Å². The second kappa shape index (κ2) is 6.40. The van der Waals surface area contributed by atoms with Gasteiger partial charge in [-0.3, -0.25) is 10.1 Å². The van der Waals surface area contributed by atoms with Gasteiger partial charge < -0.3 is 9.32 Å². The van der Waals surface area contributed by atoms with Crippen LogP contribution in [0.1, 0.15) is 21.1 Å². The van der Waals surface area contributed by atoms with E-state index < -0.39 is 0 Å². The van der Waals surface area contributed by atoms with Crippen LogP contribution in [0.3, 0.4) is 0 Å². The highest BCUT2D eigenvalue weighted by Crippen LogP contribution is 2.29. The number of aromatic nitrogens is 3. The molecule has 0 radical (unpaired) electrons. The molecule has 1 amide bonds. The molecule has 0 atom stereocenters. The lowest BCUT2D eigenvalue weighted by molar-refractivity contribution is 0.102. The molecule has 0 spiro atoms. The number of amides is 1. The van der Waals surface area contributed by atoms with Gasteiger partial charge in [0.25, 0.3) is 11.8 Å². The van der Waals surface area contributed by atoms with Crippen LogP contribution in [0.2, 0.25) is 0 Å². The van der Waals surface area contributed by atoms with E-state index in [2.05, 4.69) is 20.5 Å². The molecule has 3 rings (SSSR count). The van der Waals surface area contributed by atoms with Gasteiger partial charge in [0.05, 0.1) is 10.7 Å². The van der Waals surface area contributed by atoms with Gasteiger partial charge in [-0.15, -0.1) is 16.4 Å². The highest BCUT2D eigenvalue weighted by atomic mass is 32.1. The maximum Gasteiger partial charge on any atom is 0.322 e. The zero-order chi connectivity index (χ0) is 17.3. The Morgan fingerprint density at radius 3 is 2.71 bits per heavy atom. The first-order chi connectivity index (χ1) is 11.4. The van der Waals surface area contributed by atoms with Gasteiger partial charge in [-0.2, -0.15) is 0 Å². The average molecular weight is 343 g/mol. The zero-order valence-electron chi connectivity index (χ0n) is 13.8. The van der Waals surface area contributed by atoms with E-state index in [1.54, 1.807) is 12.1 Å². The molecule has 8 heteroatoms. The minimum atomic E-state index is -0.300. The third-order valence-corrected chi connectivity index (χ3v) is 4.43. The summed E-state index contributed by atoms with van der Waals surface area (Å²) >= 11 is 1.48. The van der Waals surface area contributed by atoms with E-state index in [-0.39, 0.29) is 11.9 Å². The highest BCUT2D eigenvalue weighted by molar-refractivity contribution is 7.15. The van der Waals surface area contributed by atoms with E-state index in [9.17, 15) is 4.79 Å². The summed E-state index contributed by atoms with van der Waals surface area (Å²) in [6.45, 7) is 3.80. The van der Waals surface area contributed by atoms with Crippen LogP contribution in [0.5, 0.6) is 0 Å². The van der Waals surface area contributed by atoms with Crippen molar-refractivity contribution in [2.24, 2.45) is 0 Å². The molecule has 3 aromatic rings. The topological polar surface area (TPSA) is 84.2 Å². The standard InChI is InChI=1S/C16H17N5O2S/c1-9-13(24-10(2)17-9)15-19-20-16(23-15)18-14(22)11-6-5-7-12(8-11)21(3)4/h5-8H,1-4H3,(H,18,20,22). The van der Waals surface area contributed by atoms with Crippen LogP contribution in [0.15, 0.2) is 28.7 Å². The summed E-state index contributed by atoms with van der Waals surface area (Å²) in [5.74, 6) is 0.0570. The Morgan fingerprint density at radius 2 is 2.04 bits per heavy atom. The molecule has 24 heavy (non-hydrogen) atoms. The van der Waals surface area contributed by atoms with E-state index in [4.69, 9.17) is 4.42 Å². The summed E-state index contributed by atoms with van der Waals surface area (Å²) in [5.41, 5.74) is 2.29. The molecule has 1 N–H and O–H groups in total. The van der Waals surface area contributed by atoms with Crippen molar-refractivity contribution in [3.8, 4) is 10.8 Å². The van der Waals surface area contributed by atoms with E-state index >= 15 is 0 Å². The van der Waals surface area contributed by atoms with Crippen LogP contribution in [0, 0.1) is 13.8 Å². The smallest absolute Gasteiger partial charge is 0.322 e. The number of benzene rings is 1. The van der Waals surface area contributed by atoms with Gasteiger partial charge in [-0.25, -0.2) is 4.98 Å². The van der Waals surface area contributed by atoms with Crippen molar-refractivity contribution in [1.29, 1.82) is 0 Å². The summed E-state index contributed by atoms with van der Waals surface area (Å²) < 4.78 is 5.54. The third-order valence-electron chi connectivity index (χ3n) is 3.37. The highest BCUT2D eigenvalue weighted by Gasteiger charge is 2.17. The third kappa shape index (κ3) is 3.28. The quantitative estimate of drug-likeness (QED) is 0.783. The first-order valence-electron chi connectivity index (χ1n) is 7.30. The molecule has 1 aromatic carbocycles. The lowest BCUT2D eigenvalue weighted by Crippen LogP contribution is -2.14. The largest absolute Gasteiger partial charge is 0.402 e. The normalized spacial score (nSPS) is 10.7. The lowest BCUT2D eigenvalue weighted by Gasteiger charge is -2.12. The van der Waals surface area contributed by atoms with Gasteiger partial charge in [0.1, 0.15) is 4.88 Å². The van der Waals surface area contributed by atoms with Crippen LogP contribution in [-0.4, -0.2) is 35.2 Å². The fraction of sp³-hybridized carbons (Fsp3) is 0.250. The van der Waals surface area contributed by atoms with Crippen molar-refractivity contribution >= 4 is 28.9 Å². The Morgan fingerprint density at radius 1 is 1.25 bits per heavy atom. The maximum atomic E-state index is 12.3. The van der Waals surface area contributed by atoms with Crippen LogP contribution in [-0.2, 0) is 0 Å². The lowest BCUT2D eigenvalue weighted by atomic mass is 10.2. The van der Waals surface area contributed by atoms with Gasteiger partial charge >= 0.3 is 6.01 Å². The number of carbonyl (C=O) groups is 1. The molecule has 0 aliphatic rings. The molecule has 0 saturated carbocycles. The molecule has 124 valence electrons. The second-order valence-electron chi connectivity index (χ2n) is 5.46. The minimum absolute atomic E-state index is 0.0655. The van der Waals surface area contributed by atoms with Crippen molar-refractivity contribution in [3.05, 3.63) is 40.5 Å². The molecular weight excluding hydrogens is 326 g/mol. The van der Waals surface area contributed by atoms with Crippen LogP contribution >= 0.6 is 11.3 Å². The van der Waals surface area contributed by atoms with Crippen molar-refractivity contribution < 1.29 is 9.21 Å². The molecule has 0 fully saturated rings. The minimum Gasteiger partial charge on any atom is -0.402 e. The fourth-order valence-corrected chi connectivity index (χ4v) is 3.03. The first-order valence-corrected chi connectivity index (χ1v) is 8.12. The number of anilines is 2. The van der Waals surface area contributed by atoms with Crippen LogP contribution in [0.25, 0.3) is 10.8 Å². The summed E-state index contributed by atoms with van der Waals surface area (Å²) in [6.07, 6.45) is 0. The van der Waals surface area contributed by atoms with Crippen molar-refractivity contribution in [2.45, 2.75) is 13.8 Å². The fourth-order valence-electron chi connectivity index (χ4n) is 2.19. The number of nitrogens with zero attached hydrogens (tertiary/aromatic N) is 4. The second-order valence-corrected chi connectivity index (χ2v) is 6.66. The predicted molar refractivity (Wildman–Crippen MR) is 93.6 cm³/mol. The number of carbonyl (C=O) groups excluding carboxylic acids is 1. The first kappa shape index (κ1) is 16.1. The predicted octanol–water partition coefficient (Wildman–Crippen LogP) is 3.13. The van der Waals surface area contributed by atoms with Crippen molar-refractivity contribution in [2.75, 3.05) is 24.3 Å². The Bertz CT molecular complexity index is 884. The number of rotatable bonds is 4. The number of aryl methyl sites for hydroxylation is 2. The molecule has 7 nitrogen and oxygen atoms in total. The Kier molecular flexibility index (Phi) is 4.30. The Labute approximate surface area is 143 Å². The zero-order valence-corrected chi connectivity index (χ0v) is 14.6. The molecule has 0 aliphatic heterocycles. The van der Waals surface area contributed by atoms with Gasteiger partial charge in [-0.1, -0.05) is 11.2 Å². The summed E-state index contributed by atoms with van der Waals surface area (Å²) in [6, 6.07) is 7.35. The molecule has 0 saturated heterocycles. The molecule has 0 unspecified atom stereocenters.